The molecule has 0 atom stereocenters. The van der Waals surface area contributed by atoms with Gasteiger partial charge in [-0.2, -0.15) is 9.36 Å². The molecule has 0 amide bonds. The number of hydrogen-bond donors (Lipinski definition) is 0. The van der Waals surface area contributed by atoms with Gasteiger partial charge in [0.1, 0.15) is 17.9 Å². The van der Waals surface area contributed by atoms with Crippen LogP contribution in [0.25, 0.3) is 27.9 Å². The maximum absolute atomic E-state index is 12.3. The first-order chi connectivity index (χ1) is 15.1. The fourth-order valence-corrected chi connectivity index (χ4v) is 3.50. The van der Waals surface area contributed by atoms with E-state index in [1.807, 2.05) is 67.6 Å². The van der Waals surface area contributed by atoms with Crippen LogP contribution in [0, 0.1) is 6.92 Å². The molecule has 5 aromatic rings. The minimum Gasteiger partial charge on any atom is -0.489 e. The van der Waals surface area contributed by atoms with Gasteiger partial charge in [-0.15, -0.1) is 0 Å². The van der Waals surface area contributed by atoms with Crippen LogP contribution in [0.3, 0.4) is 0 Å². The molecule has 0 aliphatic rings. The molecule has 0 bridgehead atoms. The van der Waals surface area contributed by atoms with Gasteiger partial charge in [-0.3, -0.25) is 0 Å². The van der Waals surface area contributed by atoms with E-state index in [1.54, 1.807) is 7.05 Å². The summed E-state index contributed by atoms with van der Waals surface area (Å²) in [5, 5.41) is 7.77. The first-order valence-corrected chi connectivity index (χ1v) is 9.74. The predicted octanol–water partition coefficient (Wildman–Crippen LogP) is 3.66. The van der Waals surface area contributed by atoms with Gasteiger partial charge < -0.3 is 9.15 Å². The smallest absolute Gasteiger partial charge is 0.368 e. The summed E-state index contributed by atoms with van der Waals surface area (Å²) in [6.07, 6.45) is 1.44. The molecule has 154 valence electrons. The number of benzene rings is 3. The molecule has 3 aromatic carbocycles. The van der Waals surface area contributed by atoms with E-state index in [9.17, 15) is 4.79 Å². The Morgan fingerprint density at radius 3 is 2.68 bits per heavy atom. The zero-order valence-corrected chi connectivity index (χ0v) is 17.0. The lowest BCUT2D eigenvalue weighted by Gasteiger charge is -2.13. The average Bonchev–Trinajstić information content (AvgIpc) is 3.39. The third-order valence-electron chi connectivity index (χ3n) is 5.22. The monoisotopic (exact) mass is 413 g/mol. The van der Waals surface area contributed by atoms with Gasteiger partial charge >= 0.3 is 5.69 Å². The molecule has 31 heavy (non-hydrogen) atoms. The molecule has 2 aromatic heterocycles. The van der Waals surface area contributed by atoms with E-state index < -0.39 is 0 Å². The predicted molar refractivity (Wildman–Crippen MR) is 115 cm³/mol. The van der Waals surface area contributed by atoms with Crippen molar-refractivity contribution >= 4 is 11.1 Å². The van der Waals surface area contributed by atoms with Crippen molar-refractivity contribution in [2.24, 2.45) is 7.05 Å². The van der Waals surface area contributed by atoms with Gasteiger partial charge in [0.05, 0.1) is 5.69 Å². The summed E-state index contributed by atoms with van der Waals surface area (Å²) < 4.78 is 13.9. The summed E-state index contributed by atoms with van der Waals surface area (Å²) in [5.74, 6) is 0.721. The van der Waals surface area contributed by atoms with E-state index in [0.29, 0.717) is 5.69 Å². The Bertz CT molecular complexity index is 1450. The summed E-state index contributed by atoms with van der Waals surface area (Å²) in [4.78, 5) is 16.6. The minimum absolute atomic E-state index is 0.288. The van der Waals surface area contributed by atoms with Crippen molar-refractivity contribution in [3.8, 4) is 22.6 Å². The Balaban J connectivity index is 1.44. The van der Waals surface area contributed by atoms with Crippen molar-refractivity contribution in [1.82, 2.24) is 24.8 Å². The first kappa shape index (κ1) is 18.8. The van der Waals surface area contributed by atoms with Crippen LogP contribution < -0.4 is 10.4 Å². The highest BCUT2D eigenvalue weighted by atomic mass is 16.5. The highest BCUT2D eigenvalue weighted by Gasteiger charge is 2.14. The highest BCUT2D eigenvalue weighted by molar-refractivity contribution is 5.80. The zero-order valence-electron chi connectivity index (χ0n) is 17.0. The molecule has 8 nitrogen and oxygen atoms in total. The van der Waals surface area contributed by atoms with Gasteiger partial charge in [0.25, 0.3) is 0 Å². The van der Waals surface area contributed by atoms with Crippen molar-refractivity contribution in [2.75, 3.05) is 0 Å². The number of rotatable bonds is 5. The molecule has 0 unspecified atom stereocenters. The second kappa shape index (κ2) is 7.56. The van der Waals surface area contributed by atoms with E-state index in [1.165, 1.54) is 15.8 Å². The Morgan fingerprint density at radius 1 is 1.00 bits per heavy atom. The Hall–Kier alpha value is -4.20. The van der Waals surface area contributed by atoms with Crippen LogP contribution in [-0.4, -0.2) is 24.8 Å². The van der Waals surface area contributed by atoms with Crippen LogP contribution in [0.1, 0.15) is 11.1 Å². The summed E-state index contributed by atoms with van der Waals surface area (Å²) in [5.41, 5.74) is 5.82. The van der Waals surface area contributed by atoms with E-state index in [0.717, 1.165) is 39.1 Å². The van der Waals surface area contributed by atoms with Crippen molar-refractivity contribution in [1.29, 1.82) is 0 Å². The standard InChI is InChI=1S/C23H19N5O3/c1-15-5-3-8-21(28-23(29)27(2)25-26-28)19(15)13-30-18-7-4-6-16(11-18)17-9-10-22-20(12-17)24-14-31-22/h3-12,14H,13H2,1-2H3. The lowest BCUT2D eigenvalue weighted by Crippen LogP contribution is -2.23. The van der Waals surface area contributed by atoms with Crippen LogP contribution in [0.15, 0.2) is 76.3 Å². The molecule has 0 N–H and O–H groups in total. The number of fused-ring (bicyclic) bond motifs is 1. The van der Waals surface area contributed by atoms with Gasteiger partial charge in [0.2, 0.25) is 0 Å². The van der Waals surface area contributed by atoms with Crippen molar-refractivity contribution < 1.29 is 9.15 Å². The van der Waals surface area contributed by atoms with E-state index in [2.05, 4.69) is 15.4 Å². The number of tetrazole rings is 1. The molecule has 0 saturated heterocycles. The molecular formula is C23H19N5O3. The third-order valence-corrected chi connectivity index (χ3v) is 5.22. The number of aromatic nitrogens is 5. The largest absolute Gasteiger partial charge is 0.489 e. The van der Waals surface area contributed by atoms with Crippen molar-refractivity contribution in [3.05, 3.63) is 88.7 Å². The summed E-state index contributed by atoms with van der Waals surface area (Å²) in [6.45, 7) is 2.27. The van der Waals surface area contributed by atoms with E-state index in [-0.39, 0.29) is 12.3 Å². The number of oxazole rings is 1. The lowest BCUT2D eigenvalue weighted by molar-refractivity contribution is 0.305. The average molecular weight is 413 g/mol. The first-order valence-electron chi connectivity index (χ1n) is 9.74. The van der Waals surface area contributed by atoms with E-state index in [4.69, 9.17) is 9.15 Å². The third kappa shape index (κ3) is 3.48. The fourth-order valence-electron chi connectivity index (χ4n) is 3.50. The van der Waals surface area contributed by atoms with E-state index >= 15 is 0 Å². The molecule has 0 saturated carbocycles. The summed E-state index contributed by atoms with van der Waals surface area (Å²) in [7, 11) is 1.57. The molecule has 0 fully saturated rings. The second-order valence-corrected chi connectivity index (χ2v) is 7.22. The van der Waals surface area contributed by atoms with Crippen LogP contribution in [-0.2, 0) is 13.7 Å². The van der Waals surface area contributed by atoms with Crippen LogP contribution in [0.5, 0.6) is 5.75 Å². The highest BCUT2D eigenvalue weighted by Crippen LogP contribution is 2.28. The second-order valence-electron chi connectivity index (χ2n) is 7.22. The van der Waals surface area contributed by atoms with Gasteiger partial charge in [-0.25, -0.2) is 9.78 Å². The SMILES string of the molecule is Cc1cccc(-n2nnn(C)c2=O)c1COc1cccc(-c2ccc3ocnc3c2)c1. The van der Waals surface area contributed by atoms with Gasteiger partial charge in [0.15, 0.2) is 12.0 Å². The van der Waals surface area contributed by atoms with Crippen LogP contribution in [0.2, 0.25) is 0 Å². The quantitative estimate of drug-likeness (QED) is 0.437. The topological polar surface area (TPSA) is 88.0 Å². The Kier molecular flexibility index (Phi) is 4.59. The molecule has 0 aliphatic heterocycles. The maximum atomic E-state index is 12.3. The summed E-state index contributed by atoms with van der Waals surface area (Å²) >= 11 is 0. The molecular weight excluding hydrogens is 394 g/mol. The molecule has 5 rings (SSSR count). The van der Waals surface area contributed by atoms with Gasteiger partial charge in [-0.05, 0) is 64.4 Å². The normalized spacial score (nSPS) is 11.2. The zero-order chi connectivity index (χ0) is 21.4. The number of aryl methyl sites for hydroxylation is 2. The van der Waals surface area contributed by atoms with Gasteiger partial charge in [-0.1, -0.05) is 30.3 Å². The summed E-state index contributed by atoms with van der Waals surface area (Å²) in [6, 6.07) is 19.4. The molecule has 8 heteroatoms. The van der Waals surface area contributed by atoms with Crippen LogP contribution >= 0.6 is 0 Å². The molecule has 0 aliphatic carbocycles. The van der Waals surface area contributed by atoms with Gasteiger partial charge in [0, 0.05) is 12.6 Å². The van der Waals surface area contributed by atoms with Crippen molar-refractivity contribution in [2.45, 2.75) is 13.5 Å². The Morgan fingerprint density at radius 2 is 1.84 bits per heavy atom. The maximum Gasteiger partial charge on any atom is 0.368 e. The number of hydrogen-bond acceptors (Lipinski definition) is 6. The molecule has 0 radical (unpaired) electrons. The number of nitrogens with zero attached hydrogens (tertiary/aromatic N) is 5. The number of ether oxygens (including phenoxy) is 1. The molecule has 0 spiro atoms. The lowest BCUT2D eigenvalue weighted by atomic mass is 10.0. The molecule has 2 heterocycles. The van der Waals surface area contributed by atoms with Crippen LogP contribution in [0.4, 0.5) is 0 Å². The van der Waals surface area contributed by atoms with Crippen molar-refractivity contribution in [3.63, 3.8) is 0 Å². The minimum atomic E-state index is -0.308. The Labute approximate surface area is 177 Å². The fraction of sp³-hybridized carbons (Fsp3) is 0.130.